The Bertz CT molecular complexity index is 528. The number of rotatable bonds is 5. The third kappa shape index (κ3) is 3.84. The zero-order valence-corrected chi connectivity index (χ0v) is 10.9. The first-order valence-corrected chi connectivity index (χ1v) is 6.29. The summed E-state index contributed by atoms with van der Waals surface area (Å²) in [4.78, 5) is 3.99. The van der Waals surface area contributed by atoms with Gasteiger partial charge >= 0.3 is 0 Å². The van der Waals surface area contributed by atoms with Crippen LogP contribution in [0.2, 0.25) is 0 Å². The van der Waals surface area contributed by atoms with Crippen molar-refractivity contribution in [2.24, 2.45) is 5.84 Å². The molecule has 1 heterocycles. The maximum atomic E-state index is 13.3. The zero-order valence-electron chi connectivity index (χ0n) is 10.9. The minimum absolute atomic E-state index is 0.0721. The van der Waals surface area contributed by atoms with Crippen LogP contribution in [0.5, 0.6) is 0 Å². The molecule has 0 aliphatic carbocycles. The molecule has 2 aromatic rings. The van der Waals surface area contributed by atoms with Gasteiger partial charge in [0.25, 0.3) is 0 Å². The van der Waals surface area contributed by atoms with Gasteiger partial charge in [0.1, 0.15) is 5.82 Å². The minimum atomic E-state index is -0.208. The molecule has 100 valence electrons. The summed E-state index contributed by atoms with van der Waals surface area (Å²) in [6, 6.07) is 8.84. The summed E-state index contributed by atoms with van der Waals surface area (Å²) >= 11 is 0. The van der Waals surface area contributed by atoms with Crippen LogP contribution < -0.4 is 11.3 Å². The lowest BCUT2D eigenvalue weighted by atomic mass is 9.97. The van der Waals surface area contributed by atoms with Gasteiger partial charge in [-0.25, -0.2) is 4.39 Å². The number of nitrogens with one attached hydrogen (secondary N) is 1. The van der Waals surface area contributed by atoms with E-state index in [1.54, 1.807) is 24.5 Å². The molecule has 19 heavy (non-hydrogen) atoms. The Morgan fingerprint density at radius 1 is 1.21 bits per heavy atom. The SMILES string of the molecule is Cc1ccc(F)cc1CC(Cc1ccncc1)NN. The number of nitrogens with two attached hydrogens (primary N) is 1. The molecule has 0 fully saturated rings. The van der Waals surface area contributed by atoms with E-state index in [2.05, 4.69) is 10.4 Å². The molecule has 0 spiro atoms. The van der Waals surface area contributed by atoms with Crippen molar-refractivity contribution in [1.29, 1.82) is 0 Å². The van der Waals surface area contributed by atoms with E-state index in [1.807, 2.05) is 19.1 Å². The molecule has 0 radical (unpaired) electrons. The summed E-state index contributed by atoms with van der Waals surface area (Å²) in [5.41, 5.74) is 6.03. The average Bonchev–Trinajstić information content (AvgIpc) is 2.43. The molecule has 0 saturated carbocycles. The van der Waals surface area contributed by atoms with Gasteiger partial charge in [-0.2, -0.15) is 0 Å². The topological polar surface area (TPSA) is 50.9 Å². The molecule has 0 bridgehead atoms. The number of hydrazine groups is 1. The van der Waals surface area contributed by atoms with Crippen LogP contribution >= 0.6 is 0 Å². The fourth-order valence-electron chi connectivity index (χ4n) is 2.12. The van der Waals surface area contributed by atoms with Gasteiger partial charge < -0.3 is 0 Å². The molecule has 1 aromatic carbocycles. The van der Waals surface area contributed by atoms with E-state index < -0.39 is 0 Å². The Balaban J connectivity index is 2.09. The normalized spacial score (nSPS) is 12.4. The van der Waals surface area contributed by atoms with Crippen LogP contribution in [0, 0.1) is 12.7 Å². The molecule has 0 aliphatic heterocycles. The highest BCUT2D eigenvalue weighted by molar-refractivity contribution is 5.27. The molecular formula is C15H18FN3. The second-order valence-corrected chi connectivity index (χ2v) is 4.70. The van der Waals surface area contributed by atoms with Crippen molar-refractivity contribution in [3.63, 3.8) is 0 Å². The number of aromatic nitrogens is 1. The molecule has 3 N–H and O–H groups in total. The summed E-state index contributed by atoms with van der Waals surface area (Å²) in [5.74, 6) is 5.39. The largest absolute Gasteiger partial charge is 0.271 e. The summed E-state index contributed by atoms with van der Waals surface area (Å²) in [7, 11) is 0. The number of pyridine rings is 1. The molecule has 0 saturated heterocycles. The molecule has 2 rings (SSSR count). The highest BCUT2D eigenvalue weighted by Crippen LogP contribution is 2.14. The smallest absolute Gasteiger partial charge is 0.123 e. The van der Waals surface area contributed by atoms with Crippen molar-refractivity contribution in [3.8, 4) is 0 Å². The first kappa shape index (κ1) is 13.6. The molecule has 1 atom stereocenters. The van der Waals surface area contributed by atoms with Crippen LogP contribution in [-0.2, 0) is 12.8 Å². The number of nitrogens with zero attached hydrogens (tertiary/aromatic N) is 1. The summed E-state index contributed by atoms with van der Waals surface area (Å²) in [5, 5.41) is 0. The van der Waals surface area contributed by atoms with Crippen molar-refractivity contribution in [2.75, 3.05) is 0 Å². The lowest BCUT2D eigenvalue weighted by molar-refractivity contribution is 0.519. The van der Waals surface area contributed by atoms with Crippen LogP contribution in [0.3, 0.4) is 0 Å². The maximum Gasteiger partial charge on any atom is 0.123 e. The van der Waals surface area contributed by atoms with Gasteiger partial charge in [0.15, 0.2) is 0 Å². The Morgan fingerprint density at radius 3 is 2.63 bits per heavy atom. The van der Waals surface area contributed by atoms with Crippen LogP contribution in [-0.4, -0.2) is 11.0 Å². The maximum absolute atomic E-state index is 13.3. The Labute approximate surface area is 112 Å². The van der Waals surface area contributed by atoms with Crippen molar-refractivity contribution in [2.45, 2.75) is 25.8 Å². The number of benzene rings is 1. The molecule has 1 unspecified atom stereocenters. The van der Waals surface area contributed by atoms with E-state index in [0.29, 0.717) is 6.42 Å². The standard InChI is InChI=1S/C15H18FN3/c1-11-2-3-14(16)9-13(11)10-15(19-17)8-12-4-6-18-7-5-12/h2-7,9,15,19H,8,10,17H2,1H3. The zero-order chi connectivity index (χ0) is 13.7. The first-order valence-electron chi connectivity index (χ1n) is 6.29. The third-order valence-corrected chi connectivity index (χ3v) is 3.24. The Hall–Kier alpha value is -1.78. The van der Waals surface area contributed by atoms with Crippen LogP contribution in [0.25, 0.3) is 0 Å². The summed E-state index contributed by atoms with van der Waals surface area (Å²) < 4.78 is 13.3. The second-order valence-electron chi connectivity index (χ2n) is 4.70. The lowest BCUT2D eigenvalue weighted by Gasteiger charge is -2.17. The van der Waals surface area contributed by atoms with Gasteiger partial charge in [-0.3, -0.25) is 16.3 Å². The lowest BCUT2D eigenvalue weighted by Crippen LogP contribution is -2.38. The molecule has 4 heteroatoms. The fraction of sp³-hybridized carbons (Fsp3) is 0.267. The predicted octanol–water partition coefficient (Wildman–Crippen LogP) is 2.15. The van der Waals surface area contributed by atoms with E-state index in [-0.39, 0.29) is 11.9 Å². The molecule has 1 aromatic heterocycles. The fourth-order valence-corrected chi connectivity index (χ4v) is 2.12. The van der Waals surface area contributed by atoms with Crippen molar-refractivity contribution in [1.82, 2.24) is 10.4 Å². The van der Waals surface area contributed by atoms with Crippen LogP contribution in [0.4, 0.5) is 4.39 Å². The molecule has 3 nitrogen and oxygen atoms in total. The highest BCUT2D eigenvalue weighted by Gasteiger charge is 2.11. The van der Waals surface area contributed by atoms with E-state index in [4.69, 9.17) is 5.84 Å². The summed E-state index contributed by atoms with van der Waals surface area (Å²) in [6.45, 7) is 1.98. The number of hydrogen-bond acceptors (Lipinski definition) is 3. The van der Waals surface area contributed by atoms with Crippen LogP contribution in [0.15, 0.2) is 42.7 Å². The molecule has 0 aliphatic rings. The average molecular weight is 259 g/mol. The number of aryl methyl sites for hydroxylation is 1. The number of halogens is 1. The van der Waals surface area contributed by atoms with Gasteiger partial charge in [-0.05, 0) is 60.7 Å². The Kier molecular flexibility index (Phi) is 4.60. The monoisotopic (exact) mass is 259 g/mol. The van der Waals surface area contributed by atoms with Crippen molar-refractivity contribution < 1.29 is 4.39 Å². The summed E-state index contributed by atoms with van der Waals surface area (Å²) in [6.07, 6.45) is 5.00. The Morgan fingerprint density at radius 2 is 1.95 bits per heavy atom. The third-order valence-electron chi connectivity index (χ3n) is 3.24. The molecule has 0 amide bonds. The number of hydrogen-bond donors (Lipinski definition) is 2. The van der Waals surface area contributed by atoms with Crippen molar-refractivity contribution in [3.05, 3.63) is 65.2 Å². The van der Waals surface area contributed by atoms with Crippen molar-refractivity contribution >= 4 is 0 Å². The quantitative estimate of drug-likeness (QED) is 0.639. The van der Waals surface area contributed by atoms with E-state index in [9.17, 15) is 4.39 Å². The minimum Gasteiger partial charge on any atom is -0.271 e. The van der Waals surface area contributed by atoms with Gasteiger partial charge in [-0.15, -0.1) is 0 Å². The van der Waals surface area contributed by atoms with Gasteiger partial charge in [-0.1, -0.05) is 6.07 Å². The van der Waals surface area contributed by atoms with E-state index in [0.717, 1.165) is 23.1 Å². The highest BCUT2D eigenvalue weighted by atomic mass is 19.1. The molecular weight excluding hydrogens is 241 g/mol. The predicted molar refractivity (Wildman–Crippen MR) is 73.9 cm³/mol. The van der Waals surface area contributed by atoms with E-state index >= 15 is 0 Å². The first-order chi connectivity index (χ1) is 9.19. The second kappa shape index (κ2) is 6.41. The van der Waals surface area contributed by atoms with Gasteiger partial charge in [0.2, 0.25) is 0 Å². The van der Waals surface area contributed by atoms with Gasteiger partial charge in [0, 0.05) is 18.4 Å². The van der Waals surface area contributed by atoms with Gasteiger partial charge in [0.05, 0.1) is 0 Å². The van der Waals surface area contributed by atoms with Crippen LogP contribution in [0.1, 0.15) is 16.7 Å². The van der Waals surface area contributed by atoms with E-state index in [1.165, 1.54) is 6.07 Å².